The highest BCUT2D eigenvalue weighted by Gasteiger charge is 2.33. The van der Waals surface area contributed by atoms with Gasteiger partial charge in [-0.2, -0.15) is 13.2 Å². The van der Waals surface area contributed by atoms with Crippen molar-refractivity contribution in [3.05, 3.63) is 29.8 Å². The number of rotatable bonds is 5. The number of nitrogens with zero attached hydrogens (tertiary/aromatic N) is 1. The lowest BCUT2D eigenvalue weighted by Crippen LogP contribution is -2.41. The SMILES string of the molecule is O=C(O)C1CCCN1C(=O)Cc1cccc(OCC(F)(F)F)c1. The highest BCUT2D eigenvalue weighted by atomic mass is 19.4. The van der Waals surface area contributed by atoms with Crippen molar-refractivity contribution >= 4 is 11.9 Å². The number of halogens is 3. The van der Waals surface area contributed by atoms with Gasteiger partial charge in [0.15, 0.2) is 6.61 Å². The minimum absolute atomic E-state index is 0.0174. The molecule has 1 fully saturated rings. The van der Waals surface area contributed by atoms with Gasteiger partial charge in [-0.25, -0.2) is 4.79 Å². The molecule has 5 nitrogen and oxygen atoms in total. The summed E-state index contributed by atoms with van der Waals surface area (Å²) in [7, 11) is 0. The number of ether oxygens (including phenoxy) is 1. The minimum Gasteiger partial charge on any atom is -0.484 e. The summed E-state index contributed by atoms with van der Waals surface area (Å²) in [4.78, 5) is 24.6. The van der Waals surface area contributed by atoms with Crippen LogP contribution in [-0.2, 0) is 16.0 Å². The largest absolute Gasteiger partial charge is 0.484 e. The van der Waals surface area contributed by atoms with E-state index in [2.05, 4.69) is 4.74 Å². The zero-order chi connectivity index (χ0) is 17.0. The maximum Gasteiger partial charge on any atom is 0.422 e. The summed E-state index contributed by atoms with van der Waals surface area (Å²) in [6.07, 6.45) is -3.48. The number of alkyl halides is 3. The first-order valence-corrected chi connectivity index (χ1v) is 7.07. The van der Waals surface area contributed by atoms with Gasteiger partial charge in [0.1, 0.15) is 11.8 Å². The standard InChI is InChI=1S/C15H16F3NO4/c16-15(17,18)9-23-11-4-1-3-10(7-11)8-13(20)19-6-2-5-12(19)14(21)22/h1,3-4,7,12H,2,5-6,8-9H2,(H,21,22). The maximum absolute atomic E-state index is 12.2. The Morgan fingerprint density at radius 2 is 2.09 bits per heavy atom. The first-order valence-electron chi connectivity index (χ1n) is 7.07. The summed E-state index contributed by atoms with van der Waals surface area (Å²) in [5.41, 5.74) is 0.478. The smallest absolute Gasteiger partial charge is 0.422 e. The number of carboxylic acid groups (broad SMARTS) is 1. The molecule has 1 unspecified atom stereocenters. The molecular weight excluding hydrogens is 315 g/mol. The Bertz CT molecular complexity index is 588. The average Bonchev–Trinajstić information content (AvgIpc) is 2.94. The van der Waals surface area contributed by atoms with Crippen LogP contribution in [0.25, 0.3) is 0 Å². The van der Waals surface area contributed by atoms with E-state index in [-0.39, 0.29) is 18.1 Å². The molecule has 0 aliphatic carbocycles. The van der Waals surface area contributed by atoms with Gasteiger partial charge >= 0.3 is 12.1 Å². The fraction of sp³-hybridized carbons (Fsp3) is 0.467. The number of amides is 1. The Morgan fingerprint density at radius 3 is 2.74 bits per heavy atom. The number of carbonyl (C=O) groups excluding carboxylic acids is 1. The molecule has 1 aliphatic heterocycles. The third-order valence-electron chi connectivity index (χ3n) is 3.51. The Morgan fingerprint density at radius 1 is 1.35 bits per heavy atom. The summed E-state index contributed by atoms with van der Waals surface area (Å²) in [5.74, 6) is -1.38. The Balaban J connectivity index is 2.00. The molecule has 23 heavy (non-hydrogen) atoms. The fourth-order valence-electron chi connectivity index (χ4n) is 2.51. The lowest BCUT2D eigenvalue weighted by atomic mass is 10.1. The van der Waals surface area contributed by atoms with E-state index in [9.17, 15) is 22.8 Å². The molecule has 1 heterocycles. The Labute approximate surface area is 130 Å². The van der Waals surface area contributed by atoms with Crippen molar-refractivity contribution in [1.29, 1.82) is 0 Å². The predicted molar refractivity (Wildman–Crippen MR) is 74.1 cm³/mol. The van der Waals surface area contributed by atoms with E-state index in [1.54, 1.807) is 6.07 Å². The molecule has 1 aromatic carbocycles. The molecule has 1 N–H and O–H groups in total. The van der Waals surface area contributed by atoms with Crippen molar-refractivity contribution in [2.24, 2.45) is 0 Å². The van der Waals surface area contributed by atoms with Gasteiger partial charge in [0, 0.05) is 6.54 Å². The highest BCUT2D eigenvalue weighted by molar-refractivity contribution is 5.85. The van der Waals surface area contributed by atoms with Crippen molar-refractivity contribution < 1.29 is 32.6 Å². The van der Waals surface area contributed by atoms with Gasteiger partial charge in [0.2, 0.25) is 5.91 Å². The van der Waals surface area contributed by atoms with Crippen LogP contribution < -0.4 is 4.74 Å². The zero-order valence-electron chi connectivity index (χ0n) is 12.2. The van der Waals surface area contributed by atoms with Crippen molar-refractivity contribution in [1.82, 2.24) is 4.90 Å². The molecule has 1 saturated heterocycles. The van der Waals surface area contributed by atoms with E-state index in [4.69, 9.17) is 5.11 Å². The van der Waals surface area contributed by atoms with Gasteiger partial charge in [0.05, 0.1) is 6.42 Å². The number of benzene rings is 1. The second-order valence-electron chi connectivity index (χ2n) is 5.31. The Hall–Kier alpha value is -2.25. The van der Waals surface area contributed by atoms with Crippen LogP contribution in [0.15, 0.2) is 24.3 Å². The fourth-order valence-corrected chi connectivity index (χ4v) is 2.51. The van der Waals surface area contributed by atoms with E-state index in [1.807, 2.05) is 0 Å². The molecule has 0 bridgehead atoms. The third kappa shape index (κ3) is 4.87. The van der Waals surface area contributed by atoms with Crippen LogP contribution in [0.1, 0.15) is 18.4 Å². The summed E-state index contributed by atoms with van der Waals surface area (Å²) < 4.78 is 41.0. The van der Waals surface area contributed by atoms with Gasteiger partial charge in [0.25, 0.3) is 0 Å². The molecule has 1 aliphatic rings. The second kappa shape index (κ2) is 6.89. The van der Waals surface area contributed by atoms with E-state index >= 15 is 0 Å². The third-order valence-corrected chi connectivity index (χ3v) is 3.51. The first kappa shape index (κ1) is 17.1. The molecule has 0 aromatic heterocycles. The van der Waals surface area contributed by atoms with Crippen LogP contribution in [0, 0.1) is 0 Å². The van der Waals surface area contributed by atoms with E-state index < -0.39 is 24.8 Å². The van der Waals surface area contributed by atoms with Crippen LogP contribution in [0.5, 0.6) is 5.75 Å². The molecule has 126 valence electrons. The molecule has 1 aromatic rings. The van der Waals surface area contributed by atoms with Gasteiger partial charge in [-0.3, -0.25) is 4.79 Å². The van der Waals surface area contributed by atoms with Crippen LogP contribution in [-0.4, -0.2) is 47.3 Å². The Kier molecular flexibility index (Phi) is 5.12. The molecular formula is C15H16F3NO4. The molecule has 0 spiro atoms. The number of hydrogen-bond acceptors (Lipinski definition) is 3. The van der Waals surface area contributed by atoms with Gasteiger partial charge in [-0.05, 0) is 30.5 Å². The quantitative estimate of drug-likeness (QED) is 0.899. The van der Waals surface area contributed by atoms with Crippen LogP contribution in [0.2, 0.25) is 0 Å². The molecule has 0 saturated carbocycles. The van der Waals surface area contributed by atoms with Gasteiger partial charge in [-0.15, -0.1) is 0 Å². The molecule has 8 heteroatoms. The first-order chi connectivity index (χ1) is 10.8. The minimum atomic E-state index is -4.43. The summed E-state index contributed by atoms with van der Waals surface area (Å²) >= 11 is 0. The van der Waals surface area contributed by atoms with Crippen LogP contribution in [0.4, 0.5) is 13.2 Å². The molecule has 2 rings (SSSR count). The number of likely N-dealkylation sites (tertiary alicyclic amines) is 1. The number of hydrogen-bond donors (Lipinski definition) is 1. The van der Waals surface area contributed by atoms with Crippen LogP contribution in [0.3, 0.4) is 0 Å². The van der Waals surface area contributed by atoms with Crippen molar-refractivity contribution in [2.45, 2.75) is 31.5 Å². The maximum atomic E-state index is 12.2. The van der Waals surface area contributed by atoms with Crippen LogP contribution >= 0.6 is 0 Å². The van der Waals surface area contributed by atoms with E-state index in [1.165, 1.54) is 23.1 Å². The number of carbonyl (C=O) groups is 2. The number of carboxylic acids is 1. The van der Waals surface area contributed by atoms with Crippen molar-refractivity contribution in [3.8, 4) is 5.75 Å². The highest BCUT2D eigenvalue weighted by Crippen LogP contribution is 2.22. The van der Waals surface area contributed by atoms with Gasteiger partial charge in [-0.1, -0.05) is 12.1 Å². The van der Waals surface area contributed by atoms with Gasteiger partial charge < -0.3 is 14.7 Å². The average molecular weight is 331 g/mol. The van der Waals surface area contributed by atoms with E-state index in [0.717, 1.165) is 0 Å². The van der Waals surface area contributed by atoms with E-state index in [0.29, 0.717) is 24.9 Å². The summed E-state index contributed by atoms with van der Waals surface area (Å²) in [6, 6.07) is 4.98. The number of aliphatic carboxylic acids is 1. The predicted octanol–water partition coefficient (Wildman–Crippen LogP) is 2.25. The molecule has 1 atom stereocenters. The monoisotopic (exact) mass is 331 g/mol. The normalized spacial score (nSPS) is 18.0. The summed E-state index contributed by atoms with van der Waals surface area (Å²) in [5, 5.41) is 9.07. The van der Waals surface area contributed by atoms with Crippen molar-refractivity contribution in [2.75, 3.05) is 13.2 Å². The second-order valence-corrected chi connectivity index (χ2v) is 5.31. The van der Waals surface area contributed by atoms with Crippen molar-refractivity contribution in [3.63, 3.8) is 0 Å². The lowest BCUT2D eigenvalue weighted by Gasteiger charge is -2.21. The molecule has 1 amide bonds. The topological polar surface area (TPSA) is 66.8 Å². The lowest BCUT2D eigenvalue weighted by molar-refractivity contribution is -0.153. The summed E-state index contributed by atoms with van der Waals surface area (Å²) in [6.45, 7) is -1.03. The molecule has 0 radical (unpaired) electrons. The zero-order valence-corrected chi connectivity index (χ0v) is 12.2.